The SMILES string of the molecule is C[C@@H]1C[C@@H](OC(=O)c2ccc([N+](=O)[O-])cc2)c2ncnc(-n3cc4c(n3)CN(C(=O)O)C4)c21. The summed E-state index contributed by atoms with van der Waals surface area (Å²) in [7, 11) is 0. The van der Waals surface area contributed by atoms with Crippen LogP contribution < -0.4 is 0 Å². The average Bonchev–Trinajstić information content (AvgIpc) is 3.46. The first-order valence-electron chi connectivity index (χ1n) is 10.2. The maximum absolute atomic E-state index is 12.6. The molecular formula is C21H18N6O6. The maximum Gasteiger partial charge on any atom is 0.407 e. The maximum atomic E-state index is 12.6. The van der Waals surface area contributed by atoms with Gasteiger partial charge in [-0.2, -0.15) is 5.10 Å². The molecule has 3 heterocycles. The Hall–Kier alpha value is -4.35. The number of nitrogens with zero attached hydrogens (tertiary/aromatic N) is 6. The van der Waals surface area contributed by atoms with E-state index in [1.807, 2.05) is 6.92 Å². The average molecular weight is 450 g/mol. The summed E-state index contributed by atoms with van der Waals surface area (Å²) in [6, 6.07) is 5.22. The van der Waals surface area contributed by atoms with Crippen LogP contribution in [0.15, 0.2) is 36.8 Å². The third kappa shape index (κ3) is 3.54. The molecule has 1 aromatic carbocycles. The number of carboxylic acid groups (broad SMARTS) is 1. The zero-order chi connectivity index (χ0) is 23.3. The monoisotopic (exact) mass is 450 g/mol. The van der Waals surface area contributed by atoms with Crippen LogP contribution in [0.3, 0.4) is 0 Å². The second-order valence-electron chi connectivity index (χ2n) is 8.02. The molecule has 12 heteroatoms. The number of fused-ring (bicyclic) bond motifs is 2. The number of nitro benzene ring substituents is 1. The quantitative estimate of drug-likeness (QED) is 0.359. The van der Waals surface area contributed by atoms with Crippen molar-refractivity contribution < 1.29 is 24.4 Å². The number of non-ortho nitro benzene ring substituents is 1. The number of rotatable bonds is 4. The fourth-order valence-corrected chi connectivity index (χ4v) is 4.28. The molecule has 0 spiro atoms. The molecule has 5 rings (SSSR count). The molecule has 0 bridgehead atoms. The van der Waals surface area contributed by atoms with E-state index in [9.17, 15) is 24.8 Å². The van der Waals surface area contributed by atoms with Crippen LogP contribution in [0.4, 0.5) is 10.5 Å². The van der Waals surface area contributed by atoms with Crippen molar-refractivity contribution in [3.63, 3.8) is 0 Å². The van der Waals surface area contributed by atoms with Crippen LogP contribution in [0.2, 0.25) is 0 Å². The van der Waals surface area contributed by atoms with Gasteiger partial charge in [-0.05, 0) is 24.5 Å². The number of carbonyl (C=O) groups is 2. The molecule has 2 aromatic heterocycles. The number of ether oxygens (including phenoxy) is 1. The highest BCUT2D eigenvalue weighted by atomic mass is 16.6. The molecule has 1 aliphatic heterocycles. The molecule has 12 nitrogen and oxygen atoms in total. The molecule has 2 aliphatic rings. The minimum absolute atomic E-state index is 0.0135. The molecule has 1 N–H and O–H groups in total. The zero-order valence-electron chi connectivity index (χ0n) is 17.4. The lowest BCUT2D eigenvalue weighted by atomic mass is 10.1. The highest BCUT2D eigenvalue weighted by molar-refractivity contribution is 5.89. The second kappa shape index (κ2) is 7.65. The number of carbonyl (C=O) groups excluding carboxylic acids is 1. The largest absolute Gasteiger partial charge is 0.465 e. The number of amides is 1. The topological polar surface area (TPSA) is 154 Å². The van der Waals surface area contributed by atoms with Gasteiger partial charge >= 0.3 is 12.1 Å². The van der Waals surface area contributed by atoms with Crippen molar-refractivity contribution in [2.24, 2.45) is 0 Å². The summed E-state index contributed by atoms with van der Waals surface area (Å²) in [6.07, 6.45) is 2.07. The zero-order valence-corrected chi connectivity index (χ0v) is 17.4. The van der Waals surface area contributed by atoms with Gasteiger partial charge in [0.15, 0.2) is 5.82 Å². The lowest BCUT2D eigenvalue weighted by Gasteiger charge is -2.13. The normalized spacial score (nSPS) is 18.6. The van der Waals surface area contributed by atoms with E-state index in [4.69, 9.17) is 4.74 Å². The van der Waals surface area contributed by atoms with Gasteiger partial charge in [0.1, 0.15) is 12.4 Å². The summed E-state index contributed by atoms with van der Waals surface area (Å²) < 4.78 is 7.31. The minimum atomic E-state index is -0.992. The molecule has 0 saturated carbocycles. The van der Waals surface area contributed by atoms with Crippen LogP contribution >= 0.6 is 0 Å². The smallest absolute Gasteiger partial charge is 0.407 e. The predicted octanol–water partition coefficient (Wildman–Crippen LogP) is 2.97. The lowest BCUT2D eigenvalue weighted by Crippen LogP contribution is -2.23. The van der Waals surface area contributed by atoms with E-state index in [0.717, 1.165) is 11.1 Å². The molecule has 1 aliphatic carbocycles. The Bertz CT molecular complexity index is 1260. The lowest BCUT2D eigenvalue weighted by molar-refractivity contribution is -0.384. The van der Waals surface area contributed by atoms with Crippen molar-refractivity contribution in [3.8, 4) is 5.82 Å². The second-order valence-corrected chi connectivity index (χ2v) is 8.02. The third-order valence-corrected chi connectivity index (χ3v) is 5.89. The van der Waals surface area contributed by atoms with Crippen LogP contribution in [0.25, 0.3) is 5.82 Å². The van der Waals surface area contributed by atoms with Gasteiger partial charge in [-0.15, -0.1) is 0 Å². The van der Waals surface area contributed by atoms with Crippen LogP contribution in [0.1, 0.15) is 58.2 Å². The van der Waals surface area contributed by atoms with E-state index in [-0.39, 0.29) is 30.3 Å². The highest BCUT2D eigenvalue weighted by Gasteiger charge is 2.36. The Morgan fingerprint density at radius 3 is 2.64 bits per heavy atom. The summed E-state index contributed by atoms with van der Waals surface area (Å²) in [5.41, 5.74) is 3.00. The molecule has 0 fully saturated rings. The van der Waals surface area contributed by atoms with E-state index in [1.54, 1.807) is 10.9 Å². The Kier molecular flexibility index (Phi) is 4.77. The fraction of sp³-hybridized carbons (Fsp3) is 0.286. The summed E-state index contributed by atoms with van der Waals surface area (Å²) in [5.74, 6) is -0.0417. The highest BCUT2D eigenvalue weighted by Crippen LogP contribution is 2.43. The Morgan fingerprint density at radius 1 is 1.21 bits per heavy atom. The van der Waals surface area contributed by atoms with Gasteiger partial charge in [-0.25, -0.2) is 24.2 Å². The van der Waals surface area contributed by atoms with Crippen LogP contribution in [0.5, 0.6) is 0 Å². The van der Waals surface area contributed by atoms with Gasteiger partial charge in [0.25, 0.3) is 5.69 Å². The predicted molar refractivity (Wildman–Crippen MR) is 111 cm³/mol. The summed E-state index contributed by atoms with van der Waals surface area (Å²) in [4.78, 5) is 44.1. The van der Waals surface area contributed by atoms with Gasteiger partial charge in [-0.3, -0.25) is 15.0 Å². The minimum Gasteiger partial charge on any atom is -0.465 e. The number of esters is 1. The summed E-state index contributed by atoms with van der Waals surface area (Å²) in [5, 5.41) is 24.5. The van der Waals surface area contributed by atoms with Crippen molar-refractivity contribution >= 4 is 17.7 Å². The van der Waals surface area contributed by atoms with Crippen LogP contribution in [0, 0.1) is 10.1 Å². The first kappa shape index (κ1) is 20.5. The fourth-order valence-electron chi connectivity index (χ4n) is 4.28. The molecule has 33 heavy (non-hydrogen) atoms. The number of aromatic nitrogens is 4. The first-order chi connectivity index (χ1) is 15.8. The number of hydrogen-bond acceptors (Lipinski definition) is 8. The van der Waals surface area contributed by atoms with Crippen molar-refractivity contribution in [1.29, 1.82) is 0 Å². The van der Waals surface area contributed by atoms with Crippen molar-refractivity contribution in [2.75, 3.05) is 0 Å². The van der Waals surface area contributed by atoms with Gasteiger partial charge in [0.05, 0.1) is 35.0 Å². The number of hydrogen-bond donors (Lipinski definition) is 1. The van der Waals surface area contributed by atoms with E-state index >= 15 is 0 Å². The summed E-state index contributed by atoms with van der Waals surface area (Å²) >= 11 is 0. The van der Waals surface area contributed by atoms with Crippen molar-refractivity contribution in [3.05, 3.63) is 75.0 Å². The Balaban J connectivity index is 1.39. The van der Waals surface area contributed by atoms with E-state index in [2.05, 4.69) is 15.1 Å². The molecule has 3 aromatic rings. The van der Waals surface area contributed by atoms with E-state index in [0.29, 0.717) is 23.6 Å². The van der Waals surface area contributed by atoms with Gasteiger partial charge < -0.3 is 9.84 Å². The molecule has 0 radical (unpaired) electrons. The molecule has 2 atom stereocenters. The van der Waals surface area contributed by atoms with Crippen molar-refractivity contribution in [1.82, 2.24) is 24.6 Å². The molecule has 0 unspecified atom stereocenters. The first-order valence-corrected chi connectivity index (χ1v) is 10.2. The van der Waals surface area contributed by atoms with E-state index in [1.165, 1.54) is 35.5 Å². The standard InChI is InChI=1S/C21H18N6O6/c1-11-6-16(33-20(28)12-2-4-14(5-3-12)27(31)32)18-17(11)19(23-10-22-18)26-8-13-7-25(21(29)30)9-15(13)24-26/h2-5,8,10-11,16H,6-7,9H2,1H3,(H,29,30)/t11-,16-/m1/s1. The molecule has 1 amide bonds. The van der Waals surface area contributed by atoms with Gasteiger partial charge in [0.2, 0.25) is 0 Å². The number of nitro groups is 1. The Labute approximate surface area is 186 Å². The van der Waals surface area contributed by atoms with Gasteiger partial charge in [0, 0.05) is 29.5 Å². The molecular weight excluding hydrogens is 432 g/mol. The molecule has 168 valence electrons. The van der Waals surface area contributed by atoms with Gasteiger partial charge in [-0.1, -0.05) is 6.92 Å². The van der Waals surface area contributed by atoms with Crippen LogP contribution in [-0.2, 0) is 17.8 Å². The summed E-state index contributed by atoms with van der Waals surface area (Å²) in [6.45, 7) is 2.47. The number of benzene rings is 1. The van der Waals surface area contributed by atoms with E-state index < -0.39 is 23.1 Å². The van der Waals surface area contributed by atoms with Crippen molar-refractivity contribution in [2.45, 2.75) is 38.5 Å². The Morgan fingerprint density at radius 2 is 1.97 bits per heavy atom. The third-order valence-electron chi connectivity index (χ3n) is 5.89. The van der Waals surface area contributed by atoms with Crippen LogP contribution in [-0.4, -0.2) is 46.7 Å². The molecule has 0 saturated heterocycles.